The first-order chi connectivity index (χ1) is 11.1. The predicted molar refractivity (Wildman–Crippen MR) is 90.8 cm³/mol. The van der Waals surface area contributed by atoms with Crippen molar-refractivity contribution in [2.24, 2.45) is 0 Å². The molecule has 2 aromatic carbocycles. The van der Waals surface area contributed by atoms with Crippen LogP contribution in [0.3, 0.4) is 0 Å². The molecule has 0 fully saturated rings. The lowest BCUT2D eigenvalue weighted by atomic mass is 10.0. The number of rotatable bonds is 4. The Kier molecular flexibility index (Phi) is 4.50. The van der Waals surface area contributed by atoms with Crippen LogP contribution in [0.25, 0.3) is 5.57 Å². The smallest absolute Gasteiger partial charge is 0.243 e. The van der Waals surface area contributed by atoms with E-state index >= 15 is 0 Å². The summed E-state index contributed by atoms with van der Waals surface area (Å²) in [6.45, 7) is 0.879. The van der Waals surface area contributed by atoms with Gasteiger partial charge in [-0.25, -0.2) is 8.42 Å². The fraction of sp³-hybridized carbons (Fsp3) is 0.222. The minimum atomic E-state index is -3.42. The van der Waals surface area contributed by atoms with Crippen LogP contribution in [0.4, 0.5) is 0 Å². The first-order valence-electron chi connectivity index (χ1n) is 7.50. The van der Waals surface area contributed by atoms with Gasteiger partial charge in [0.05, 0.1) is 12.0 Å². The van der Waals surface area contributed by atoms with E-state index in [1.54, 1.807) is 31.4 Å². The van der Waals surface area contributed by atoms with Gasteiger partial charge >= 0.3 is 0 Å². The quantitative estimate of drug-likeness (QED) is 0.865. The molecule has 0 aliphatic carbocycles. The van der Waals surface area contributed by atoms with Gasteiger partial charge in [0.25, 0.3) is 0 Å². The van der Waals surface area contributed by atoms with Crippen LogP contribution in [-0.4, -0.2) is 32.9 Å². The molecule has 0 atom stereocenters. The average Bonchev–Trinajstić information content (AvgIpc) is 2.62. The van der Waals surface area contributed by atoms with Gasteiger partial charge in [0.1, 0.15) is 5.75 Å². The van der Waals surface area contributed by atoms with E-state index in [-0.39, 0.29) is 0 Å². The van der Waals surface area contributed by atoms with Gasteiger partial charge in [-0.05, 0) is 41.8 Å². The lowest BCUT2D eigenvalue weighted by molar-refractivity contribution is 0.414. The monoisotopic (exact) mass is 329 g/mol. The predicted octanol–water partition coefficient (Wildman–Crippen LogP) is 3.17. The van der Waals surface area contributed by atoms with Gasteiger partial charge in [-0.1, -0.05) is 36.4 Å². The zero-order chi connectivity index (χ0) is 16.3. The molecular weight excluding hydrogens is 310 g/mol. The van der Waals surface area contributed by atoms with E-state index in [4.69, 9.17) is 4.74 Å². The molecule has 0 N–H and O–H groups in total. The number of methoxy groups -OCH3 is 1. The first-order valence-corrected chi connectivity index (χ1v) is 8.94. The Morgan fingerprint density at radius 3 is 2.48 bits per heavy atom. The maximum atomic E-state index is 12.6. The number of hydrogen-bond acceptors (Lipinski definition) is 3. The second-order valence-corrected chi connectivity index (χ2v) is 7.33. The minimum Gasteiger partial charge on any atom is -0.497 e. The van der Waals surface area contributed by atoms with Crippen molar-refractivity contribution in [2.45, 2.75) is 11.3 Å². The summed E-state index contributed by atoms with van der Waals surface area (Å²) < 4.78 is 32.0. The van der Waals surface area contributed by atoms with E-state index in [0.29, 0.717) is 24.4 Å². The van der Waals surface area contributed by atoms with E-state index in [2.05, 4.69) is 0 Å². The Hall–Kier alpha value is -2.11. The number of sulfonamides is 1. The van der Waals surface area contributed by atoms with Crippen molar-refractivity contribution in [3.8, 4) is 5.75 Å². The zero-order valence-corrected chi connectivity index (χ0v) is 13.8. The molecule has 1 aliphatic heterocycles. The van der Waals surface area contributed by atoms with Gasteiger partial charge in [0.15, 0.2) is 0 Å². The van der Waals surface area contributed by atoms with Crippen LogP contribution < -0.4 is 4.74 Å². The Balaban J connectivity index is 1.80. The molecule has 2 aromatic rings. The minimum absolute atomic E-state index is 0.346. The second-order valence-electron chi connectivity index (χ2n) is 5.39. The Morgan fingerprint density at radius 2 is 1.83 bits per heavy atom. The molecule has 0 bridgehead atoms. The number of ether oxygens (including phenoxy) is 1. The highest BCUT2D eigenvalue weighted by Gasteiger charge is 2.26. The van der Waals surface area contributed by atoms with Crippen molar-refractivity contribution < 1.29 is 13.2 Å². The van der Waals surface area contributed by atoms with Crippen LogP contribution in [0.1, 0.15) is 12.0 Å². The van der Waals surface area contributed by atoms with E-state index in [1.807, 2.05) is 36.4 Å². The topological polar surface area (TPSA) is 46.6 Å². The maximum absolute atomic E-state index is 12.6. The third-order valence-corrected chi connectivity index (χ3v) is 5.87. The third-order valence-electron chi connectivity index (χ3n) is 3.99. The molecule has 0 radical (unpaired) electrons. The molecule has 4 nitrogen and oxygen atoms in total. The lowest BCUT2D eigenvalue weighted by Crippen LogP contribution is -2.34. The summed E-state index contributed by atoms with van der Waals surface area (Å²) in [6.07, 6.45) is 2.68. The molecule has 1 aliphatic rings. The SMILES string of the molecule is COc1cccc(C2=CCN(S(=O)(=O)c3ccccc3)CC2)c1. The summed E-state index contributed by atoms with van der Waals surface area (Å²) >= 11 is 0. The van der Waals surface area contributed by atoms with Crippen molar-refractivity contribution in [3.05, 3.63) is 66.2 Å². The van der Waals surface area contributed by atoms with Crippen molar-refractivity contribution >= 4 is 15.6 Å². The van der Waals surface area contributed by atoms with Crippen LogP contribution in [0.5, 0.6) is 5.75 Å². The molecule has 0 aromatic heterocycles. The van der Waals surface area contributed by atoms with Crippen LogP contribution in [0, 0.1) is 0 Å². The van der Waals surface area contributed by atoms with E-state index in [1.165, 1.54) is 4.31 Å². The molecule has 0 saturated carbocycles. The fourth-order valence-corrected chi connectivity index (χ4v) is 4.10. The van der Waals surface area contributed by atoms with Crippen LogP contribution in [0.2, 0.25) is 0 Å². The highest BCUT2D eigenvalue weighted by atomic mass is 32.2. The van der Waals surface area contributed by atoms with E-state index < -0.39 is 10.0 Å². The van der Waals surface area contributed by atoms with Crippen LogP contribution in [-0.2, 0) is 10.0 Å². The van der Waals surface area contributed by atoms with Gasteiger partial charge in [-0.15, -0.1) is 0 Å². The molecule has 0 unspecified atom stereocenters. The molecule has 120 valence electrons. The van der Waals surface area contributed by atoms with E-state index in [9.17, 15) is 8.42 Å². The normalized spacial score (nSPS) is 16.0. The summed E-state index contributed by atoms with van der Waals surface area (Å²) in [5.41, 5.74) is 2.24. The van der Waals surface area contributed by atoms with Crippen molar-refractivity contribution in [3.63, 3.8) is 0 Å². The Bertz CT molecular complexity index is 813. The van der Waals surface area contributed by atoms with Gasteiger partial charge in [0.2, 0.25) is 10.0 Å². The summed E-state index contributed by atoms with van der Waals surface area (Å²) in [6, 6.07) is 16.4. The molecule has 5 heteroatoms. The Morgan fingerprint density at radius 1 is 1.04 bits per heavy atom. The largest absolute Gasteiger partial charge is 0.497 e. The number of benzene rings is 2. The first kappa shape index (κ1) is 15.8. The molecule has 0 saturated heterocycles. The standard InChI is InChI=1S/C18H19NO3S/c1-22-17-7-5-6-16(14-17)15-10-12-19(13-11-15)23(20,21)18-8-3-2-4-9-18/h2-10,14H,11-13H2,1H3. The van der Waals surface area contributed by atoms with Gasteiger partial charge in [-0.2, -0.15) is 4.31 Å². The second kappa shape index (κ2) is 6.56. The van der Waals surface area contributed by atoms with Crippen molar-refractivity contribution in [2.75, 3.05) is 20.2 Å². The number of nitrogens with zero attached hydrogens (tertiary/aromatic N) is 1. The number of hydrogen-bond donors (Lipinski definition) is 0. The summed E-state index contributed by atoms with van der Waals surface area (Å²) in [4.78, 5) is 0.346. The highest BCUT2D eigenvalue weighted by Crippen LogP contribution is 2.27. The third kappa shape index (κ3) is 3.30. The molecule has 3 rings (SSSR count). The summed E-state index contributed by atoms with van der Waals surface area (Å²) in [5.74, 6) is 0.808. The van der Waals surface area contributed by atoms with Crippen LogP contribution in [0.15, 0.2) is 65.6 Å². The summed E-state index contributed by atoms with van der Waals surface area (Å²) in [7, 11) is -1.78. The fourth-order valence-electron chi connectivity index (χ4n) is 2.70. The molecule has 23 heavy (non-hydrogen) atoms. The Labute approximate surface area is 137 Å². The maximum Gasteiger partial charge on any atom is 0.243 e. The van der Waals surface area contributed by atoms with Gasteiger partial charge < -0.3 is 4.74 Å². The molecular formula is C18H19NO3S. The highest BCUT2D eigenvalue weighted by molar-refractivity contribution is 7.89. The summed E-state index contributed by atoms with van der Waals surface area (Å²) in [5, 5.41) is 0. The van der Waals surface area contributed by atoms with Crippen molar-refractivity contribution in [1.29, 1.82) is 0 Å². The average molecular weight is 329 g/mol. The molecule has 1 heterocycles. The van der Waals surface area contributed by atoms with Gasteiger partial charge in [-0.3, -0.25) is 0 Å². The zero-order valence-electron chi connectivity index (χ0n) is 13.0. The van der Waals surface area contributed by atoms with Gasteiger partial charge in [0, 0.05) is 13.1 Å². The van der Waals surface area contributed by atoms with Crippen molar-refractivity contribution in [1.82, 2.24) is 4.31 Å². The van der Waals surface area contributed by atoms with Crippen LogP contribution >= 0.6 is 0 Å². The molecule has 0 amide bonds. The lowest BCUT2D eigenvalue weighted by Gasteiger charge is -2.26. The van der Waals surface area contributed by atoms with E-state index in [0.717, 1.165) is 16.9 Å². The molecule has 0 spiro atoms.